The lowest BCUT2D eigenvalue weighted by Gasteiger charge is -2.10. The maximum atomic E-state index is 12.4. The number of halogens is 1. The number of likely N-dealkylation sites (N-methyl/N-ethyl adjacent to an activating group) is 1. The number of anilines is 1. The van der Waals surface area contributed by atoms with Crippen LogP contribution in [0, 0.1) is 6.92 Å². The first-order valence-corrected chi connectivity index (χ1v) is 7.85. The molecule has 1 aromatic heterocycles. The van der Waals surface area contributed by atoms with Crippen molar-refractivity contribution in [2.75, 3.05) is 11.9 Å². The zero-order valence-electron chi connectivity index (χ0n) is 10.8. The molecule has 98 valence electrons. The number of amides is 1. The Morgan fingerprint density at radius 1 is 1.37 bits per heavy atom. The summed E-state index contributed by atoms with van der Waals surface area (Å²) in [6.07, 6.45) is 0.802. The molecule has 2 heterocycles. The molecule has 0 saturated heterocycles. The van der Waals surface area contributed by atoms with Crippen molar-refractivity contribution in [3.63, 3.8) is 0 Å². The van der Waals surface area contributed by atoms with Crippen molar-refractivity contribution in [3.05, 3.63) is 50.1 Å². The second-order valence-electron chi connectivity index (χ2n) is 4.88. The van der Waals surface area contributed by atoms with Crippen LogP contribution in [0.5, 0.6) is 0 Å². The molecular weight excluding hydrogens is 322 g/mol. The number of rotatable bonds is 2. The Balaban J connectivity index is 2.01. The summed E-state index contributed by atoms with van der Waals surface area (Å²) in [5.41, 5.74) is 3.45. The predicted octanol–water partition coefficient (Wildman–Crippen LogP) is 4.12. The number of carbonyl (C=O) groups is 1. The van der Waals surface area contributed by atoms with Crippen LogP contribution in [-0.4, -0.2) is 13.0 Å². The SMILES string of the molecule is Cc1ccsc1CC1C(=O)N(C)c2ccc(Br)cc21. The number of nitrogens with zero attached hydrogens (tertiary/aromatic N) is 1. The zero-order chi connectivity index (χ0) is 13.6. The van der Waals surface area contributed by atoms with E-state index in [1.165, 1.54) is 10.4 Å². The molecule has 1 amide bonds. The van der Waals surface area contributed by atoms with E-state index in [0.717, 1.165) is 22.1 Å². The highest BCUT2D eigenvalue weighted by Gasteiger charge is 2.35. The summed E-state index contributed by atoms with van der Waals surface area (Å²) in [6.45, 7) is 2.11. The molecule has 0 N–H and O–H groups in total. The summed E-state index contributed by atoms with van der Waals surface area (Å²) in [5.74, 6) is 0.149. The van der Waals surface area contributed by atoms with Crippen molar-refractivity contribution >= 4 is 38.9 Å². The van der Waals surface area contributed by atoms with Gasteiger partial charge in [-0.25, -0.2) is 0 Å². The lowest BCUT2D eigenvalue weighted by Crippen LogP contribution is -2.24. The summed E-state index contributed by atoms with van der Waals surface area (Å²) < 4.78 is 1.03. The summed E-state index contributed by atoms with van der Waals surface area (Å²) in [6, 6.07) is 8.19. The molecule has 4 heteroatoms. The van der Waals surface area contributed by atoms with Crippen molar-refractivity contribution in [1.82, 2.24) is 0 Å². The van der Waals surface area contributed by atoms with E-state index in [9.17, 15) is 4.79 Å². The summed E-state index contributed by atoms with van der Waals surface area (Å²) in [7, 11) is 1.86. The monoisotopic (exact) mass is 335 g/mol. The van der Waals surface area contributed by atoms with E-state index in [1.807, 2.05) is 19.2 Å². The van der Waals surface area contributed by atoms with E-state index in [4.69, 9.17) is 0 Å². The first-order chi connectivity index (χ1) is 9.08. The number of fused-ring (bicyclic) bond motifs is 1. The molecule has 1 unspecified atom stereocenters. The normalized spacial score (nSPS) is 17.9. The van der Waals surface area contributed by atoms with Crippen molar-refractivity contribution in [1.29, 1.82) is 0 Å². The third-order valence-corrected chi connectivity index (χ3v) is 5.25. The average Bonchev–Trinajstić information content (AvgIpc) is 2.88. The summed E-state index contributed by atoms with van der Waals surface area (Å²) in [5, 5.41) is 2.09. The van der Waals surface area contributed by atoms with Gasteiger partial charge in [0.15, 0.2) is 0 Å². The van der Waals surface area contributed by atoms with E-state index in [0.29, 0.717) is 0 Å². The van der Waals surface area contributed by atoms with Crippen molar-refractivity contribution in [2.24, 2.45) is 0 Å². The average molecular weight is 336 g/mol. The third-order valence-electron chi connectivity index (χ3n) is 3.71. The number of benzene rings is 1. The van der Waals surface area contributed by atoms with Crippen LogP contribution in [0.4, 0.5) is 5.69 Å². The second kappa shape index (κ2) is 4.76. The van der Waals surface area contributed by atoms with Gasteiger partial charge in [0.05, 0.1) is 5.92 Å². The molecule has 1 atom stereocenters. The molecule has 1 aliphatic rings. The van der Waals surface area contributed by atoms with E-state index in [1.54, 1.807) is 16.2 Å². The number of carbonyl (C=O) groups excluding carboxylic acids is 1. The highest BCUT2D eigenvalue weighted by Crippen LogP contribution is 2.40. The third kappa shape index (κ3) is 2.13. The highest BCUT2D eigenvalue weighted by atomic mass is 79.9. The Bertz CT molecular complexity index is 649. The Morgan fingerprint density at radius 3 is 2.84 bits per heavy atom. The van der Waals surface area contributed by atoms with Gasteiger partial charge in [0.1, 0.15) is 0 Å². The molecule has 1 aliphatic heterocycles. The highest BCUT2D eigenvalue weighted by molar-refractivity contribution is 9.10. The minimum atomic E-state index is -0.0464. The Labute approximate surface area is 125 Å². The molecule has 3 rings (SSSR count). The van der Waals surface area contributed by atoms with E-state index in [-0.39, 0.29) is 11.8 Å². The van der Waals surface area contributed by atoms with Crippen LogP contribution in [0.2, 0.25) is 0 Å². The molecule has 2 aromatic rings. The fraction of sp³-hybridized carbons (Fsp3) is 0.267. The summed E-state index contributed by atoms with van der Waals surface area (Å²) in [4.78, 5) is 15.5. The van der Waals surface area contributed by atoms with Gasteiger partial charge < -0.3 is 4.90 Å². The fourth-order valence-corrected chi connectivity index (χ4v) is 3.92. The van der Waals surface area contributed by atoms with Crippen LogP contribution in [0.25, 0.3) is 0 Å². The van der Waals surface area contributed by atoms with E-state index < -0.39 is 0 Å². The largest absolute Gasteiger partial charge is 0.315 e. The van der Waals surface area contributed by atoms with Crippen LogP contribution >= 0.6 is 27.3 Å². The fourth-order valence-electron chi connectivity index (χ4n) is 2.59. The van der Waals surface area contributed by atoms with Gasteiger partial charge in [0.2, 0.25) is 5.91 Å². The Hall–Kier alpha value is -1.13. The number of thiophene rings is 1. The number of aryl methyl sites for hydroxylation is 1. The zero-order valence-corrected chi connectivity index (χ0v) is 13.2. The standard InChI is InChI=1S/C15H14BrNOS/c1-9-5-6-19-14(9)8-12-11-7-10(16)3-4-13(11)17(2)15(12)18/h3-7,12H,8H2,1-2H3. The summed E-state index contributed by atoms with van der Waals surface area (Å²) >= 11 is 5.23. The number of hydrogen-bond acceptors (Lipinski definition) is 2. The first-order valence-electron chi connectivity index (χ1n) is 6.18. The molecule has 0 aliphatic carbocycles. The molecule has 0 radical (unpaired) electrons. The van der Waals surface area contributed by atoms with Gasteiger partial charge in [0.25, 0.3) is 0 Å². The van der Waals surface area contributed by atoms with Gasteiger partial charge >= 0.3 is 0 Å². The molecule has 0 spiro atoms. The second-order valence-corrected chi connectivity index (χ2v) is 6.80. The van der Waals surface area contributed by atoms with Gasteiger partial charge in [-0.2, -0.15) is 0 Å². The quantitative estimate of drug-likeness (QED) is 0.808. The van der Waals surface area contributed by atoms with Crippen molar-refractivity contribution < 1.29 is 4.79 Å². The molecule has 0 bridgehead atoms. The lowest BCUT2D eigenvalue weighted by molar-refractivity contribution is -0.119. The minimum Gasteiger partial charge on any atom is -0.315 e. The molecule has 1 aromatic carbocycles. The molecule has 0 saturated carbocycles. The first kappa shape index (κ1) is 12.9. The van der Waals surface area contributed by atoms with Crippen LogP contribution < -0.4 is 4.90 Å². The molecule has 19 heavy (non-hydrogen) atoms. The number of hydrogen-bond donors (Lipinski definition) is 0. The molecule has 2 nitrogen and oxygen atoms in total. The smallest absolute Gasteiger partial charge is 0.234 e. The lowest BCUT2D eigenvalue weighted by atomic mass is 9.95. The minimum absolute atomic E-state index is 0.0464. The van der Waals surface area contributed by atoms with Crippen LogP contribution in [-0.2, 0) is 11.2 Å². The van der Waals surface area contributed by atoms with Crippen molar-refractivity contribution in [2.45, 2.75) is 19.3 Å². The van der Waals surface area contributed by atoms with Gasteiger partial charge in [-0.05, 0) is 54.1 Å². The van der Waals surface area contributed by atoms with Gasteiger partial charge in [0, 0.05) is 22.1 Å². The van der Waals surface area contributed by atoms with Crippen molar-refractivity contribution in [3.8, 4) is 0 Å². The maximum absolute atomic E-state index is 12.4. The van der Waals surface area contributed by atoms with Gasteiger partial charge in [-0.1, -0.05) is 15.9 Å². The molecular formula is C15H14BrNOS. The van der Waals surface area contributed by atoms with Gasteiger partial charge in [-0.3, -0.25) is 4.79 Å². The Morgan fingerprint density at radius 2 is 2.16 bits per heavy atom. The van der Waals surface area contributed by atoms with E-state index in [2.05, 4.69) is 40.4 Å². The molecule has 0 fully saturated rings. The topological polar surface area (TPSA) is 20.3 Å². The van der Waals surface area contributed by atoms with Crippen LogP contribution in [0.3, 0.4) is 0 Å². The Kier molecular flexibility index (Phi) is 3.23. The predicted molar refractivity (Wildman–Crippen MR) is 83.1 cm³/mol. The van der Waals surface area contributed by atoms with Crippen LogP contribution in [0.15, 0.2) is 34.1 Å². The maximum Gasteiger partial charge on any atom is 0.234 e. The van der Waals surface area contributed by atoms with E-state index >= 15 is 0 Å². The van der Waals surface area contributed by atoms with Crippen LogP contribution in [0.1, 0.15) is 21.9 Å². The van der Waals surface area contributed by atoms with Gasteiger partial charge in [-0.15, -0.1) is 11.3 Å².